The van der Waals surface area contributed by atoms with Crippen molar-refractivity contribution in [2.75, 3.05) is 5.32 Å². The highest BCUT2D eigenvalue weighted by Gasteiger charge is 2.30. The SMILES string of the molecule is N#Cc1ccc(NC(=O)O[C@H](c2cc(I)ccc2O)[C@@H](/C=C/C(=O)NO)Oc2ccccc2)cc1. The number of nitriles is 1. The van der Waals surface area contributed by atoms with E-state index >= 15 is 0 Å². The van der Waals surface area contributed by atoms with Gasteiger partial charge in [-0.2, -0.15) is 5.26 Å². The van der Waals surface area contributed by atoms with E-state index in [9.17, 15) is 14.7 Å². The normalized spacial score (nSPS) is 12.3. The number of ether oxygens (including phenoxy) is 2. The minimum atomic E-state index is -1.20. The number of carbonyl (C=O) groups excluding carboxylic acids is 2. The number of hydrogen-bond acceptors (Lipinski definition) is 7. The van der Waals surface area contributed by atoms with Gasteiger partial charge in [0.1, 0.15) is 11.5 Å². The largest absolute Gasteiger partial charge is 0.508 e. The van der Waals surface area contributed by atoms with E-state index in [0.29, 0.717) is 17.0 Å². The number of benzene rings is 3. The van der Waals surface area contributed by atoms with E-state index in [-0.39, 0.29) is 11.3 Å². The standard InChI is InChI=1S/C25H20IN3O6/c26-17-8-11-21(30)20(14-17)24(35-25(32)28-18-9-6-16(15-27)7-10-18)22(12-13-23(31)29-33)34-19-4-2-1-3-5-19/h1-14,22,24,30,33H,(H,28,32)(H,29,31)/b13-12+/t22-,24-/m1/s1. The molecule has 0 bridgehead atoms. The second-order valence-corrected chi connectivity index (χ2v) is 8.32. The molecular weight excluding hydrogens is 565 g/mol. The van der Waals surface area contributed by atoms with Gasteiger partial charge in [-0.1, -0.05) is 18.2 Å². The van der Waals surface area contributed by atoms with E-state index in [4.69, 9.17) is 19.9 Å². The van der Waals surface area contributed by atoms with Crippen molar-refractivity contribution < 1.29 is 29.4 Å². The van der Waals surface area contributed by atoms with Gasteiger partial charge in [0.05, 0.1) is 11.6 Å². The van der Waals surface area contributed by atoms with Crippen LogP contribution in [0, 0.1) is 14.9 Å². The van der Waals surface area contributed by atoms with Crippen LogP contribution >= 0.6 is 22.6 Å². The quantitative estimate of drug-likeness (QED) is 0.130. The number of para-hydroxylation sites is 1. The number of nitrogens with one attached hydrogen (secondary N) is 2. The summed E-state index contributed by atoms with van der Waals surface area (Å²) in [6.45, 7) is 0. The number of rotatable bonds is 8. The highest BCUT2D eigenvalue weighted by molar-refractivity contribution is 14.1. The average molecular weight is 585 g/mol. The molecule has 0 aromatic heterocycles. The minimum Gasteiger partial charge on any atom is -0.508 e. The van der Waals surface area contributed by atoms with Crippen LogP contribution in [-0.4, -0.2) is 28.4 Å². The predicted octanol–water partition coefficient (Wildman–Crippen LogP) is 4.67. The molecule has 4 N–H and O–H groups in total. The summed E-state index contributed by atoms with van der Waals surface area (Å²) in [5, 5.41) is 30.9. The minimum absolute atomic E-state index is 0.150. The first-order chi connectivity index (χ1) is 16.9. The Hall–Kier alpha value is -4.08. The van der Waals surface area contributed by atoms with Crippen LogP contribution in [0.25, 0.3) is 0 Å². The van der Waals surface area contributed by atoms with Crippen LogP contribution in [0.3, 0.4) is 0 Å². The van der Waals surface area contributed by atoms with E-state index < -0.39 is 24.2 Å². The molecule has 0 aliphatic rings. The number of hydrogen-bond donors (Lipinski definition) is 4. The molecule has 9 nitrogen and oxygen atoms in total. The third-order valence-corrected chi connectivity index (χ3v) is 5.32. The number of hydroxylamine groups is 1. The highest BCUT2D eigenvalue weighted by atomic mass is 127. The van der Waals surface area contributed by atoms with Crippen molar-refractivity contribution >= 4 is 40.3 Å². The topological polar surface area (TPSA) is 141 Å². The zero-order valence-electron chi connectivity index (χ0n) is 18.1. The van der Waals surface area contributed by atoms with Crippen LogP contribution < -0.4 is 15.5 Å². The zero-order valence-corrected chi connectivity index (χ0v) is 20.2. The lowest BCUT2D eigenvalue weighted by molar-refractivity contribution is -0.124. The van der Waals surface area contributed by atoms with Gasteiger partial charge in [-0.25, -0.2) is 10.3 Å². The fraction of sp³-hybridized carbons (Fsp3) is 0.0800. The Bertz CT molecular complexity index is 1240. The number of nitrogens with zero attached hydrogens (tertiary/aromatic N) is 1. The van der Waals surface area contributed by atoms with Crippen molar-refractivity contribution in [3.05, 3.63) is 99.6 Å². The maximum Gasteiger partial charge on any atom is 0.412 e. The maximum atomic E-state index is 12.8. The summed E-state index contributed by atoms with van der Waals surface area (Å²) in [6, 6.07) is 21.5. The summed E-state index contributed by atoms with van der Waals surface area (Å²) in [5.41, 5.74) is 2.54. The molecule has 35 heavy (non-hydrogen) atoms. The molecule has 3 aromatic carbocycles. The number of carbonyl (C=O) groups is 2. The molecule has 0 aliphatic carbocycles. The van der Waals surface area contributed by atoms with Gasteiger partial charge in [-0.05, 0) is 83.3 Å². The summed E-state index contributed by atoms with van der Waals surface area (Å²) >= 11 is 2.05. The van der Waals surface area contributed by atoms with E-state index in [2.05, 4.69) is 5.32 Å². The van der Waals surface area contributed by atoms with Gasteiger partial charge in [0, 0.05) is 20.9 Å². The molecule has 0 unspecified atom stereocenters. The molecule has 2 amide bonds. The molecule has 178 valence electrons. The summed E-state index contributed by atoms with van der Waals surface area (Å²) in [5.74, 6) is -0.555. The first kappa shape index (κ1) is 25.5. The summed E-state index contributed by atoms with van der Waals surface area (Å²) in [7, 11) is 0. The van der Waals surface area contributed by atoms with Gasteiger partial charge in [-0.15, -0.1) is 0 Å². The lowest BCUT2D eigenvalue weighted by Gasteiger charge is -2.27. The predicted molar refractivity (Wildman–Crippen MR) is 135 cm³/mol. The third kappa shape index (κ3) is 7.46. The average Bonchev–Trinajstić information content (AvgIpc) is 2.87. The molecular formula is C25H20IN3O6. The second kappa shape index (κ2) is 12.4. The van der Waals surface area contributed by atoms with Gasteiger partial charge in [0.25, 0.3) is 5.91 Å². The van der Waals surface area contributed by atoms with Crippen LogP contribution in [0.4, 0.5) is 10.5 Å². The Morgan fingerprint density at radius 2 is 1.77 bits per heavy atom. The first-order valence-electron chi connectivity index (χ1n) is 10.2. The highest BCUT2D eigenvalue weighted by Crippen LogP contribution is 2.34. The molecule has 3 rings (SSSR count). The molecule has 10 heteroatoms. The van der Waals surface area contributed by atoms with E-state index in [0.717, 1.165) is 9.65 Å². The molecule has 3 aromatic rings. The molecule has 0 saturated carbocycles. The molecule has 2 atom stereocenters. The molecule has 0 radical (unpaired) electrons. The Labute approximate surface area is 214 Å². The van der Waals surface area contributed by atoms with Crippen molar-refractivity contribution in [3.63, 3.8) is 0 Å². The molecule has 0 saturated heterocycles. The van der Waals surface area contributed by atoms with Crippen LogP contribution in [0.2, 0.25) is 0 Å². The number of phenols is 1. The van der Waals surface area contributed by atoms with Gasteiger partial charge < -0.3 is 14.6 Å². The van der Waals surface area contributed by atoms with Crippen molar-refractivity contribution in [2.45, 2.75) is 12.2 Å². The molecule has 0 aliphatic heterocycles. The lowest BCUT2D eigenvalue weighted by Crippen LogP contribution is -2.30. The fourth-order valence-electron chi connectivity index (χ4n) is 3.03. The van der Waals surface area contributed by atoms with Gasteiger partial charge in [0.2, 0.25) is 0 Å². The Balaban J connectivity index is 1.97. The number of phenolic OH excluding ortho intramolecular Hbond substituents is 1. The Morgan fingerprint density at radius 1 is 1.06 bits per heavy atom. The number of anilines is 1. The zero-order chi connectivity index (χ0) is 25.2. The van der Waals surface area contributed by atoms with Crippen LogP contribution in [0.15, 0.2) is 84.9 Å². The van der Waals surface area contributed by atoms with E-state index in [1.165, 1.54) is 29.8 Å². The van der Waals surface area contributed by atoms with Gasteiger partial charge in [-0.3, -0.25) is 15.3 Å². The van der Waals surface area contributed by atoms with Crippen LogP contribution in [-0.2, 0) is 9.53 Å². The van der Waals surface area contributed by atoms with E-state index in [1.807, 2.05) is 28.7 Å². The van der Waals surface area contributed by atoms with Crippen molar-refractivity contribution in [1.29, 1.82) is 5.26 Å². The molecule has 0 spiro atoms. The second-order valence-electron chi connectivity index (χ2n) is 7.07. The number of halogens is 1. The van der Waals surface area contributed by atoms with Crippen molar-refractivity contribution in [1.82, 2.24) is 5.48 Å². The van der Waals surface area contributed by atoms with E-state index in [1.54, 1.807) is 54.6 Å². The summed E-state index contributed by atoms with van der Waals surface area (Å²) < 4.78 is 12.4. The van der Waals surface area contributed by atoms with Crippen LogP contribution in [0.5, 0.6) is 11.5 Å². The third-order valence-electron chi connectivity index (χ3n) is 4.65. The fourth-order valence-corrected chi connectivity index (χ4v) is 3.54. The monoisotopic (exact) mass is 585 g/mol. The molecule has 0 fully saturated rings. The maximum absolute atomic E-state index is 12.8. The first-order valence-corrected chi connectivity index (χ1v) is 11.3. The van der Waals surface area contributed by atoms with Gasteiger partial charge >= 0.3 is 6.09 Å². The smallest absolute Gasteiger partial charge is 0.412 e. The lowest BCUT2D eigenvalue weighted by atomic mass is 10.0. The van der Waals surface area contributed by atoms with Crippen LogP contribution in [0.1, 0.15) is 17.2 Å². The van der Waals surface area contributed by atoms with Gasteiger partial charge in [0.15, 0.2) is 12.2 Å². The Kier molecular flexibility index (Phi) is 9.05. The van der Waals surface area contributed by atoms with Crippen molar-refractivity contribution in [2.24, 2.45) is 0 Å². The summed E-state index contributed by atoms with van der Waals surface area (Å²) in [6.07, 6.45) is -0.818. The Morgan fingerprint density at radius 3 is 2.43 bits per heavy atom. The number of amides is 2. The van der Waals surface area contributed by atoms with Crippen molar-refractivity contribution in [3.8, 4) is 17.6 Å². The summed E-state index contributed by atoms with van der Waals surface area (Å²) in [4.78, 5) is 24.5. The number of aromatic hydroxyl groups is 1. The molecule has 0 heterocycles.